The molecular weight excluding hydrogens is 198 g/mol. The molecule has 82 valence electrons. The van der Waals surface area contributed by atoms with Crippen LogP contribution in [0.2, 0.25) is 0 Å². The predicted octanol–water partition coefficient (Wildman–Crippen LogP) is -0.385. The van der Waals surface area contributed by atoms with Crippen LogP contribution in [0.15, 0.2) is 6.20 Å². The zero-order valence-electron chi connectivity index (χ0n) is 8.50. The predicted molar refractivity (Wildman–Crippen MR) is 52.8 cm³/mol. The van der Waals surface area contributed by atoms with E-state index in [-0.39, 0.29) is 0 Å². The number of hydrogen-bond acceptors (Lipinski definition) is 4. The van der Waals surface area contributed by atoms with Crippen molar-refractivity contribution in [1.29, 1.82) is 0 Å². The average Bonchev–Trinajstić information content (AvgIpc) is 2.65. The summed E-state index contributed by atoms with van der Waals surface area (Å²) in [5.74, 6) is 0.808. The van der Waals surface area contributed by atoms with Crippen LogP contribution in [0.5, 0.6) is 0 Å². The van der Waals surface area contributed by atoms with Gasteiger partial charge in [-0.3, -0.25) is 4.68 Å². The molecule has 2 rings (SSSR count). The minimum atomic E-state index is -0.853. The molecule has 0 atom stereocenters. The molecule has 1 aliphatic heterocycles. The van der Waals surface area contributed by atoms with Crippen LogP contribution in [0.1, 0.15) is 0 Å². The van der Waals surface area contributed by atoms with Gasteiger partial charge in [-0.05, 0) is 0 Å². The Hall–Kier alpha value is -1.79. The first kappa shape index (κ1) is 9.75. The van der Waals surface area contributed by atoms with E-state index in [1.54, 1.807) is 4.68 Å². The fourth-order valence-corrected chi connectivity index (χ4v) is 1.61. The molecule has 7 nitrogen and oxygen atoms in total. The van der Waals surface area contributed by atoms with Gasteiger partial charge in [-0.25, -0.2) is 4.79 Å². The van der Waals surface area contributed by atoms with Gasteiger partial charge in [-0.1, -0.05) is 5.21 Å². The summed E-state index contributed by atoms with van der Waals surface area (Å²) in [7, 11) is 1.81. The summed E-state index contributed by atoms with van der Waals surface area (Å²) < 4.78 is 1.64. The van der Waals surface area contributed by atoms with Crippen LogP contribution in [0.25, 0.3) is 0 Å². The number of aryl methyl sites for hydroxylation is 1. The molecule has 1 aliphatic rings. The smallest absolute Gasteiger partial charge is 0.407 e. The topological polar surface area (TPSA) is 74.5 Å². The third-order valence-electron chi connectivity index (χ3n) is 2.46. The lowest BCUT2D eigenvalue weighted by Crippen LogP contribution is -2.48. The van der Waals surface area contributed by atoms with Crippen LogP contribution in [-0.4, -0.2) is 57.3 Å². The van der Waals surface area contributed by atoms with Gasteiger partial charge in [-0.2, -0.15) is 0 Å². The molecule has 0 bridgehead atoms. The van der Waals surface area contributed by atoms with E-state index in [1.807, 2.05) is 18.1 Å². The van der Waals surface area contributed by atoms with Crippen LogP contribution in [0.3, 0.4) is 0 Å². The maximum atomic E-state index is 10.7. The highest BCUT2D eigenvalue weighted by Gasteiger charge is 2.21. The van der Waals surface area contributed by atoms with Gasteiger partial charge in [-0.15, -0.1) is 5.10 Å². The summed E-state index contributed by atoms with van der Waals surface area (Å²) in [6, 6.07) is 0. The summed E-state index contributed by atoms with van der Waals surface area (Å²) in [4.78, 5) is 14.1. The second-order valence-electron chi connectivity index (χ2n) is 3.51. The Morgan fingerprint density at radius 3 is 2.53 bits per heavy atom. The Balaban J connectivity index is 1.96. The van der Waals surface area contributed by atoms with Gasteiger partial charge in [0, 0.05) is 33.2 Å². The highest BCUT2D eigenvalue weighted by Crippen LogP contribution is 2.11. The number of anilines is 1. The second kappa shape index (κ2) is 3.76. The van der Waals surface area contributed by atoms with Crippen LogP contribution < -0.4 is 4.90 Å². The Morgan fingerprint density at radius 2 is 2.07 bits per heavy atom. The van der Waals surface area contributed by atoms with Crippen molar-refractivity contribution in [1.82, 2.24) is 19.9 Å². The lowest BCUT2D eigenvalue weighted by Gasteiger charge is -2.32. The van der Waals surface area contributed by atoms with E-state index in [2.05, 4.69) is 10.3 Å². The molecule has 0 radical (unpaired) electrons. The average molecular weight is 211 g/mol. The van der Waals surface area contributed by atoms with E-state index in [1.165, 1.54) is 4.90 Å². The summed E-state index contributed by atoms with van der Waals surface area (Å²) in [5, 5.41) is 16.6. The van der Waals surface area contributed by atoms with Crippen molar-refractivity contribution in [3.05, 3.63) is 6.20 Å². The highest BCUT2D eigenvalue weighted by atomic mass is 16.4. The molecule has 0 saturated carbocycles. The van der Waals surface area contributed by atoms with Crippen LogP contribution in [0, 0.1) is 0 Å². The van der Waals surface area contributed by atoms with Gasteiger partial charge in [0.15, 0.2) is 5.82 Å². The molecule has 0 aromatic carbocycles. The zero-order valence-corrected chi connectivity index (χ0v) is 8.50. The van der Waals surface area contributed by atoms with Gasteiger partial charge >= 0.3 is 6.09 Å². The first-order valence-corrected chi connectivity index (χ1v) is 4.76. The van der Waals surface area contributed by atoms with Crippen molar-refractivity contribution < 1.29 is 9.90 Å². The molecule has 1 fully saturated rings. The molecule has 1 aromatic rings. The maximum absolute atomic E-state index is 10.7. The van der Waals surface area contributed by atoms with Crippen LogP contribution >= 0.6 is 0 Å². The Bertz CT molecular complexity index is 356. The molecule has 0 spiro atoms. The summed E-state index contributed by atoms with van der Waals surface area (Å²) in [6.07, 6.45) is 0.977. The van der Waals surface area contributed by atoms with Gasteiger partial charge in [0.2, 0.25) is 0 Å². The molecule has 15 heavy (non-hydrogen) atoms. The Labute approximate surface area is 86.9 Å². The van der Waals surface area contributed by atoms with Crippen LogP contribution in [-0.2, 0) is 7.05 Å². The van der Waals surface area contributed by atoms with E-state index in [9.17, 15) is 4.79 Å². The third-order valence-corrected chi connectivity index (χ3v) is 2.46. The fraction of sp³-hybridized carbons (Fsp3) is 0.625. The Kier molecular flexibility index (Phi) is 2.44. The Morgan fingerprint density at radius 1 is 1.40 bits per heavy atom. The number of hydrogen-bond donors (Lipinski definition) is 1. The first-order valence-electron chi connectivity index (χ1n) is 4.76. The molecule has 0 aliphatic carbocycles. The van der Waals surface area contributed by atoms with Crippen molar-refractivity contribution in [2.24, 2.45) is 7.05 Å². The second-order valence-corrected chi connectivity index (χ2v) is 3.51. The van der Waals surface area contributed by atoms with Crippen LogP contribution in [0.4, 0.5) is 10.6 Å². The van der Waals surface area contributed by atoms with Crippen molar-refractivity contribution in [2.45, 2.75) is 0 Å². The normalized spacial score (nSPS) is 16.9. The number of rotatable bonds is 1. The monoisotopic (exact) mass is 211 g/mol. The van der Waals surface area contributed by atoms with Gasteiger partial charge in [0.25, 0.3) is 0 Å². The zero-order chi connectivity index (χ0) is 10.8. The largest absolute Gasteiger partial charge is 0.465 e. The molecule has 7 heteroatoms. The van der Waals surface area contributed by atoms with Crippen molar-refractivity contribution in [2.75, 3.05) is 31.1 Å². The molecule has 1 aromatic heterocycles. The molecule has 1 amide bonds. The van der Waals surface area contributed by atoms with Crippen molar-refractivity contribution >= 4 is 11.9 Å². The number of carboxylic acid groups (broad SMARTS) is 1. The molecule has 0 unspecified atom stereocenters. The first-order chi connectivity index (χ1) is 7.16. The number of amides is 1. The van der Waals surface area contributed by atoms with E-state index >= 15 is 0 Å². The van der Waals surface area contributed by atoms with Gasteiger partial charge in [0.05, 0.1) is 6.20 Å². The third kappa shape index (κ3) is 2.00. The van der Waals surface area contributed by atoms with E-state index in [0.717, 1.165) is 5.82 Å². The number of piperazine rings is 1. The van der Waals surface area contributed by atoms with Crippen molar-refractivity contribution in [3.8, 4) is 0 Å². The lowest BCUT2D eigenvalue weighted by molar-refractivity contribution is 0.142. The molecule has 1 N–H and O–H groups in total. The van der Waals surface area contributed by atoms with Gasteiger partial charge in [0.1, 0.15) is 0 Å². The maximum Gasteiger partial charge on any atom is 0.407 e. The molecule has 2 heterocycles. The van der Waals surface area contributed by atoms with Crippen molar-refractivity contribution in [3.63, 3.8) is 0 Å². The number of carbonyl (C=O) groups is 1. The lowest BCUT2D eigenvalue weighted by atomic mass is 10.3. The number of nitrogens with zero attached hydrogens (tertiary/aromatic N) is 5. The molecule has 1 saturated heterocycles. The van der Waals surface area contributed by atoms with Gasteiger partial charge < -0.3 is 14.9 Å². The van der Waals surface area contributed by atoms with E-state index in [4.69, 9.17) is 5.11 Å². The minimum absolute atomic E-state index is 0.520. The van der Waals surface area contributed by atoms with E-state index < -0.39 is 6.09 Å². The summed E-state index contributed by atoms with van der Waals surface area (Å²) >= 11 is 0. The molecular formula is C8H13N5O2. The number of aromatic nitrogens is 3. The van der Waals surface area contributed by atoms with E-state index in [0.29, 0.717) is 26.2 Å². The SMILES string of the molecule is Cn1cc(N2CCN(C(=O)O)CC2)nn1. The summed E-state index contributed by atoms with van der Waals surface area (Å²) in [5.41, 5.74) is 0. The fourth-order valence-electron chi connectivity index (χ4n) is 1.61. The quantitative estimate of drug-likeness (QED) is 0.685. The minimum Gasteiger partial charge on any atom is -0.465 e. The standard InChI is InChI=1S/C8H13N5O2/c1-11-6-7(9-10-11)12-2-4-13(5-3-12)8(14)15/h6H,2-5H2,1H3,(H,14,15). The summed E-state index contributed by atoms with van der Waals surface area (Å²) in [6.45, 7) is 2.38. The highest BCUT2D eigenvalue weighted by molar-refractivity contribution is 5.65.